The molecule has 4 nitrogen and oxygen atoms in total. The molecule has 0 radical (unpaired) electrons. The number of hydrogen-bond donors (Lipinski definition) is 1. The first kappa shape index (κ1) is 15.6. The number of halogens is 2. The van der Waals surface area contributed by atoms with Gasteiger partial charge in [-0.15, -0.1) is 0 Å². The largest absolute Gasteiger partial charge is 0.480 e. The molecule has 104 valence electrons. The molecule has 1 atom stereocenters. The molecule has 1 rings (SSSR count). The maximum Gasteiger partial charge on any atom is 0.323 e. The molecule has 1 amide bonds. The zero-order chi connectivity index (χ0) is 14.6. The highest BCUT2D eigenvalue weighted by molar-refractivity contribution is 9.10. The van der Waals surface area contributed by atoms with Crippen LogP contribution in [0.1, 0.15) is 30.6 Å². The van der Waals surface area contributed by atoms with Crippen molar-refractivity contribution in [3.8, 4) is 0 Å². The van der Waals surface area contributed by atoms with Crippen molar-refractivity contribution < 1.29 is 19.1 Å². The summed E-state index contributed by atoms with van der Waals surface area (Å²) in [6.45, 7) is 3.27. The van der Waals surface area contributed by atoms with Gasteiger partial charge in [0, 0.05) is 10.5 Å². The highest BCUT2D eigenvalue weighted by atomic mass is 79.9. The first-order valence-corrected chi connectivity index (χ1v) is 6.64. The molecular formula is C13H15BrFNO3. The SMILES string of the molecule is CCC(C)N(CC(=O)O)C(=O)c1ccc(F)cc1Br. The number of benzene rings is 1. The zero-order valence-electron chi connectivity index (χ0n) is 10.7. The Balaban J connectivity index is 3.08. The predicted molar refractivity (Wildman–Crippen MR) is 72.5 cm³/mol. The average Bonchev–Trinajstić information content (AvgIpc) is 2.34. The second-order valence-corrected chi connectivity index (χ2v) is 5.06. The van der Waals surface area contributed by atoms with Crippen molar-refractivity contribution in [1.82, 2.24) is 4.90 Å². The van der Waals surface area contributed by atoms with Gasteiger partial charge in [-0.2, -0.15) is 0 Å². The summed E-state index contributed by atoms with van der Waals surface area (Å²) in [5, 5.41) is 8.87. The van der Waals surface area contributed by atoms with E-state index in [-0.39, 0.29) is 18.2 Å². The van der Waals surface area contributed by atoms with Crippen molar-refractivity contribution >= 4 is 27.8 Å². The zero-order valence-corrected chi connectivity index (χ0v) is 12.3. The topological polar surface area (TPSA) is 57.6 Å². The Bertz CT molecular complexity index is 493. The highest BCUT2D eigenvalue weighted by Gasteiger charge is 2.24. The van der Waals surface area contributed by atoms with E-state index in [1.807, 2.05) is 6.92 Å². The van der Waals surface area contributed by atoms with Crippen LogP contribution in [-0.4, -0.2) is 34.5 Å². The molecule has 0 bridgehead atoms. The van der Waals surface area contributed by atoms with Gasteiger partial charge in [0.25, 0.3) is 5.91 Å². The van der Waals surface area contributed by atoms with Crippen LogP contribution in [0.2, 0.25) is 0 Å². The van der Waals surface area contributed by atoms with Crippen LogP contribution < -0.4 is 0 Å². The normalized spacial score (nSPS) is 12.0. The van der Waals surface area contributed by atoms with Crippen molar-refractivity contribution in [1.29, 1.82) is 0 Å². The van der Waals surface area contributed by atoms with Crippen LogP contribution in [0, 0.1) is 5.82 Å². The van der Waals surface area contributed by atoms with Gasteiger partial charge in [-0.25, -0.2) is 4.39 Å². The minimum Gasteiger partial charge on any atom is -0.480 e. The molecule has 1 N–H and O–H groups in total. The molecule has 1 aromatic carbocycles. The fourth-order valence-electron chi connectivity index (χ4n) is 1.61. The van der Waals surface area contributed by atoms with Crippen LogP contribution >= 0.6 is 15.9 Å². The van der Waals surface area contributed by atoms with Crippen molar-refractivity contribution in [3.05, 3.63) is 34.1 Å². The van der Waals surface area contributed by atoms with E-state index < -0.39 is 17.7 Å². The molecule has 0 spiro atoms. The molecule has 0 aliphatic rings. The lowest BCUT2D eigenvalue weighted by atomic mass is 10.1. The van der Waals surface area contributed by atoms with Crippen molar-refractivity contribution in [2.24, 2.45) is 0 Å². The summed E-state index contributed by atoms with van der Waals surface area (Å²) in [6.07, 6.45) is 0.637. The summed E-state index contributed by atoms with van der Waals surface area (Å²) in [7, 11) is 0. The molecule has 0 saturated carbocycles. The van der Waals surface area contributed by atoms with E-state index in [1.165, 1.54) is 23.1 Å². The van der Waals surface area contributed by atoms with E-state index in [4.69, 9.17) is 5.11 Å². The van der Waals surface area contributed by atoms with E-state index >= 15 is 0 Å². The number of aliphatic carboxylic acids is 1. The first-order chi connectivity index (χ1) is 8.86. The monoisotopic (exact) mass is 331 g/mol. The van der Waals surface area contributed by atoms with Gasteiger partial charge in [0.2, 0.25) is 0 Å². The Morgan fingerprint density at radius 1 is 1.47 bits per heavy atom. The Hall–Kier alpha value is -1.43. The maximum absolute atomic E-state index is 13.0. The number of carbonyl (C=O) groups is 2. The number of hydrogen-bond acceptors (Lipinski definition) is 2. The van der Waals surface area contributed by atoms with E-state index in [0.29, 0.717) is 10.9 Å². The molecule has 1 unspecified atom stereocenters. The Kier molecular flexibility index (Phi) is 5.47. The van der Waals surface area contributed by atoms with E-state index in [0.717, 1.165) is 0 Å². The van der Waals surface area contributed by atoms with Gasteiger partial charge in [-0.05, 0) is 47.5 Å². The highest BCUT2D eigenvalue weighted by Crippen LogP contribution is 2.21. The van der Waals surface area contributed by atoms with Gasteiger partial charge in [0.1, 0.15) is 12.4 Å². The second kappa shape index (κ2) is 6.65. The summed E-state index contributed by atoms with van der Waals surface area (Å²) in [6, 6.07) is 3.50. The summed E-state index contributed by atoms with van der Waals surface area (Å²) in [5.41, 5.74) is 0.253. The number of carboxylic acid groups (broad SMARTS) is 1. The van der Waals surface area contributed by atoms with E-state index in [2.05, 4.69) is 15.9 Å². The summed E-state index contributed by atoms with van der Waals surface area (Å²) < 4.78 is 13.3. The standard InChI is InChI=1S/C13H15BrFNO3/c1-3-8(2)16(7-12(17)18)13(19)10-5-4-9(15)6-11(10)14/h4-6,8H,3,7H2,1-2H3,(H,17,18). The summed E-state index contributed by atoms with van der Waals surface area (Å²) in [5.74, 6) is -1.97. The lowest BCUT2D eigenvalue weighted by Crippen LogP contribution is -2.42. The van der Waals surface area contributed by atoms with Crippen LogP contribution in [0.5, 0.6) is 0 Å². The Labute approximate surface area is 119 Å². The Morgan fingerprint density at radius 2 is 2.11 bits per heavy atom. The van der Waals surface area contributed by atoms with E-state index in [9.17, 15) is 14.0 Å². The number of carbonyl (C=O) groups excluding carboxylic acids is 1. The van der Waals surface area contributed by atoms with Crippen molar-refractivity contribution in [3.63, 3.8) is 0 Å². The van der Waals surface area contributed by atoms with Gasteiger partial charge < -0.3 is 10.0 Å². The molecule has 0 fully saturated rings. The quantitative estimate of drug-likeness (QED) is 0.902. The number of amides is 1. The number of carboxylic acids is 1. The molecule has 19 heavy (non-hydrogen) atoms. The first-order valence-electron chi connectivity index (χ1n) is 5.84. The van der Waals surface area contributed by atoms with Crippen LogP contribution in [-0.2, 0) is 4.79 Å². The van der Waals surface area contributed by atoms with Gasteiger partial charge in [-0.1, -0.05) is 6.92 Å². The van der Waals surface area contributed by atoms with Crippen molar-refractivity contribution in [2.75, 3.05) is 6.54 Å². The smallest absolute Gasteiger partial charge is 0.323 e. The third-order valence-corrected chi connectivity index (χ3v) is 3.51. The number of nitrogens with zero attached hydrogens (tertiary/aromatic N) is 1. The third-order valence-electron chi connectivity index (χ3n) is 2.85. The maximum atomic E-state index is 13.0. The van der Waals surface area contributed by atoms with Crippen LogP contribution in [0.3, 0.4) is 0 Å². The fraction of sp³-hybridized carbons (Fsp3) is 0.385. The fourth-order valence-corrected chi connectivity index (χ4v) is 2.13. The lowest BCUT2D eigenvalue weighted by molar-refractivity contribution is -0.138. The van der Waals surface area contributed by atoms with Crippen molar-refractivity contribution in [2.45, 2.75) is 26.3 Å². The molecular weight excluding hydrogens is 317 g/mol. The molecule has 1 aromatic rings. The van der Waals surface area contributed by atoms with Crippen LogP contribution in [0.25, 0.3) is 0 Å². The second-order valence-electron chi connectivity index (χ2n) is 4.21. The molecule has 0 aliphatic carbocycles. The molecule has 0 saturated heterocycles. The average molecular weight is 332 g/mol. The third kappa shape index (κ3) is 4.02. The van der Waals surface area contributed by atoms with Gasteiger partial charge in [-0.3, -0.25) is 9.59 Å². The van der Waals surface area contributed by atoms with Gasteiger partial charge in [0.05, 0.1) is 5.56 Å². The molecule has 0 heterocycles. The summed E-state index contributed by atoms with van der Waals surface area (Å²) >= 11 is 3.12. The summed E-state index contributed by atoms with van der Waals surface area (Å²) in [4.78, 5) is 24.4. The van der Waals surface area contributed by atoms with Gasteiger partial charge >= 0.3 is 5.97 Å². The lowest BCUT2D eigenvalue weighted by Gasteiger charge is -2.27. The van der Waals surface area contributed by atoms with Gasteiger partial charge in [0.15, 0.2) is 0 Å². The van der Waals surface area contributed by atoms with Crippen LogP contribution in [0.4, 0.5) is 4.39 Å². The Morgan fingerprint density at radius 3 is 2.58 bits per heavy atom. The minimum atomic E-state index is -1.08. The molecule has 0 aromatic heterocycles. The predicted octanol–water partition coefficient (Wildman–Crippen LogP) is 2.91. The van der Waals surface area contributed by atoms with Crippen LogP contribution in [0.15, 0.2) is 22.7 Å². The molecule has 6 heteroatoms. The van der Waals surface area contributed by atoms with E-state index in [1.54, 1.807) is 6.92 Å². The minimum absolute atomic E-state index is 0.208. The molecule has 0 aliphatic heterocycles. The number of rotatable bonds is 5.